The number of ether oxygens (including phenoxy) is 4. The van der Waals surface area contributed by atoms with E-state index in [0.717, 1.165) is 0 Å². The third-order valence-corrected chi connectivity index (χ3v) is 6.23. The highest BCUT2D eigenvalue weighted by molar-refractivity contribution is 6.51. The monoisotopic (exact) mass is 517 g/mol. The van der Waals surface area contributed by atoms with Gasteiger partial charge in [-0.05, 0) is 66.1 Å². The van der Waals surface area contributed by atoms with Crippen LogP contribution in [0.2, 0.25) is 0 Å². The Kier molecular flexibility index (Phi) is 7.90. The SMILES string of the molecule is COc1ccc(C2/C(=C(/O)c3ccc(OC)c(OC)c3)C(=O)C(=O)N2c2ccc(OCC(C)C)cc2)cc1. The minimum Gasteiger partial charge on any atom is -0.507 e. The topological polar surface area (TPSA) is 94.5 Å². The number of ketones is 1. The van der Waals surface area contributed by atoms with Crippen molar-refractivity contribution in [3.05, 3.63) is 83.4 Å². The van der Waals surface area contributed by atoms with Crippen molar-refractivity contribution in [3.63, 3.8) is 0 Å². The molecule has 0 aromatic heterocycles. The van der Waals surface area contributed by atoms with E-state index in [9.17, 15) is 14.7 Å². The summed E-state index contributed by atoms with van der Waals surface area (Å²) >= 11 is 0. The van der Waals surface area contributed by atoms with Crippen molar-refractivity contribution in [2.45, 2.75) is 19.9 Å². The summed E-state index contributed by atoms with van der Waals surface area (Å²) in [7, 11) is 4.54. The fourth-order valence-corrected chi connectivity index (χ4v) is 4.31. The van der Waals surface area contributed by atoms with Crippen LogP contribution in [0.4, 0.5) is 5.69 Å². The van der Waals surface area contributed by atoms with Gasteiger partial charge in [-0.25, -0.2) is 0 Å². The molecular weight excluding hydrogens is 486 g/mol. The number of Topliss-reactive ketones (excluding diaryl/α,β-unsaturated/α-hetero) is 1. The molecular formula is C30H31NO7. The summed E-state index contributed by atoms with van der Waals surface area (Å²) in [4.78, 5) is 28.2. The van der Waals surface area contributed by atoms with Gasteiger partial charge in [0.25, 0.3) is 11.7 Å². The first-order valence-electron chi connectivity index (χ1n) is 12.2. The van der Waals surface area contributed by atoms with Crippen molar-refractivity contribution in [3.8, 4) is 23.0 Å². The molecule has 1 atom stereocenters. The first-order valence-corrected chi connectivity index (χ1v) is 12.2. The molecule has 1 unspecified atom stereocenters. The number of rotatable bonds is 9. The Bertz CT molecular complexity index is 1340. The van der Waals surface area contributed by atoms with E-state index in [4.69, 9.17) is 18.9 Å². The highest BCUT2D eigenvalue weighted by Crippen LogP contribution is 2.43. The van der Waals surface area contributed by atoms with Crippen LogP contribution in [0, 0.1) is 5.92 Å². The zero-order valence-corrected chi connectivity index (χ0v) is 22.1. The summed E-state index contributed by atoms with van der Waals surface area (Å²) in [5.41, 5.74) is 1.41. The van der Waals surface area contributed by atoms with Gasteiger partial charge in [-0.1, -0.05) is 26.0 Å². The quantitative estimate of drug-likeness (QED) is 0.232. The maximum Gasteiger partial charge on any atom is 0.300 e. The Morgan fingerprint density at radius 1 is 0.842 bits per heavy atom. The van der Waals surface area contributed by atoms with Crippen LogP contribution < -0.4 is 23.8 Å². The van der Waals surface area contributed by atoms with E-state index in [1.807, 2.05) is 0 Å². The maximum absolute atomic E-state index is 13.4. The summed E-state index contributed by atoms with van der Waals surface area (Å²) in [6.45, 7) is 4.67. The zero-order valence-electron chi connectivity index (χ0n) is 22.1. The minimum atomic E-state index is -0.878. The Morgan fingerprint density at radius 2 is 1.47 bits per heavy atom. The predicted molar refractivity (Wildman–Crippen MR) is 144 cm³/mol. The second-order valence-corrected chi connectivity index (χ2v) is 9.21. The van der Waals surface area contributed by atoms with Crippen LogP contribution in [0.1, 0.15) is 31.0 Å². The Labute approximate surface area is 222 Å². The second kappa shape index (κ2) is 11.3. The molecule has 38 heavy (non-hydrogen) atoms. The summed E-state index contributed by atoms with van der Waals surface area (Å²) < 4.78 is 21.7. The molecule has 0 radical (unpaired) electrons. The van der Waals surface area contributed by atoms with Crippen LogP contribution in [-0.2, 0) is 9.59 Å². The molecule has 0 aliphatic carbocycles. The molecule has 1 amide bonds. The molecule has 0 saturated carbocycles. The Balaban J connectivity index is 1.84. The van der Waals surface area contributed by atoms with Crippen LogP contribution in [0.25, 0.3) is 5.76 Å². The lowest BCUT2D eigenvalue weighted by Gasteiger charge is -2.26. The number of carbonyl (C=O) groups is 2. The molecule has 0 bridgehead atoms. The molecule has 1 aliphatic heterocycles. The summed E-state index contributed by atoms with van der Waals surface area (Å²) in [6, 6.07) is 17.9. The fourth-order valence-electron chi connectivity index (χ4n) is 4.31. The standard InChI is InChI=1S/C30H31NO7/c1-18(2)17-38-23-13-9-21(10-14-23)31-27(19-6-11-22(35-3)12-7-19)26(29(33)30(31)34)28(32)20-8-15-24(36-4)25(16-20)37-5/h6-16,18,27,32H,17H2,1-5H3/b28-26-. The van der Waals surface area contributed by atoms with Gasteiger partial charge in [-0.3, -0.25) is 14.5 Å². The zero-order chi connectivity index (χ0) is 27.4. The van der Waals surface area contributed by atoms with E-state index >= 15 is 0 Å². The van der Waals surface area contributed by atoms with Crippen LogP contribution in [-0.4, -0.2) is 44.7 Å². The fraction of sp³-hybridized carbons (Fsp3) is 0.267. The summed E-state index contributed by atoms with van der Waals surface area (Å²) in [6.07, 6.45) is 0. The van der Waals surface area contributed by atoms with E-state index in [1.54, 1.807) is 73.8 Å². The number of methoxy groups -OCH3 is 3. The third kappa shape index (κ3) is 5.16. The number of carbonyl (C=O) groups excluding carboxylic acids is 2. The minimum absolute atomic E-state index is 0.0347. The maximum atomic E-state index is 13.4. The van der Waals surface area contributed by atoms with Crippen LogP contribution >= 0.6 is 0 Å². The molecule has 1 saturated heterocycles. The molecule has 1 heterocycles. The number of amides is 1. The number of aliphatic hydroxyl groups excluding tert-OH is 1. The van der Waals surface area contributed by atoms with E-state index in [0.29, 0.717) is 52.3 Å². The number of benzene rings is 3. The van der Waals surface area contributed by atoms with Gasteiger partial charge in [-0.2, -0.15) is 0 Å². The van der Waals surface area contributed by atoms with Crippen LogP contribution in [0.15, 0.2) is 72.3 Å². The lowest BCUT2D eigenvalue weighted by atomic mass is 9.95. The Morgan fingerprint density at radius 3 is 2.05 bits per heavy atom. The van der Waals surface area contributed by atoms with Crippen LogP contribution in [0.5, 0.6) is 23.0 Å². The lowest BCUT2D eigenvalue weighted by Crippen LogP contribution is -2.29. The van der Waals surface area contributed by atoms with Gasteiger partial charge in [0.05, 0.1) is 39.6 Å². The molecule has 8 nitrogen and oxygen atoms in total. The van der Waals surface area contributed by atoms with Gasteiger partial charge in [0.15, 0.2) is 11.5 Å². The average Bonchev–Trinajstić information content (AvgIpc) is 3.21. The molecule has 198 valence electrons. The van der Waals surface area contributed by atoms with Crippen molar-refractivity contribution in [1.82, 2.24) is 0 Å². The van der Waals surface area contributed by atoms with Gasteiger partial charge in [0, 0.05) is 11.3 Å². The predicted octanol–water partition coefficient (Wildman–Crippen LogP) is 5.37. The number of nitrogens with zero attached hydrogens (tertiary/aromatic N) is 1. The van der Waals surface area contributed by atoms with Gasteiger partial charge in [-0.15, -0.1) is 0 Å². The van der Waals surface area contributed by atoms with E-state index in [1.165, 1.54) is 19.1 Å². The van der Waals surface area contributed by atoms with Gasteiger partial charge in [0.2, 0.25) is 0 Å². The van der Waals surface area contributed by atoms with Crippen molar-refractivity contribution in [2.75, 3.05) is 32.8 Å². The molecule has 3 aromatic carbocycles. The van der Waals surface area contributed by atoms with E-state index < -0.39 is 17.7 Å². The Hall–Kier alpha value is -4.46. The highest BCUT2D eigenvalue weighted by Gasteiger charge is 2.47. The van der Waals surface area contributed by atoms with Gasteiger partial charge in [0.1, 0.15) is 17.3 Å². The third-order valence-electron chi connectivity index (χ3n) is 6.23. The number of hydrogen-bond donors (Lipinski definition) is 1. The van der Waals surface area contributed by atoms with Crippen molar-refractivity contribution < 1.29 is 33.6 Å². The molecule has 4 rings (SSSR count). The first-order chi connectivity index (χ1) is 18.3. The smallest absolute Gasteiger partial charge is 0.300 e. The van der Waals surface area contributed by atoms with Crippen molar-refractivity contribution in [2.24, 2.45) is 5.92 Å². The molecule has 8 heteroatoms. The molecule has 0 spiro atoms. The average molecular weight is 518 g/mol. The molecule has 3 aromatic rings. The number of aliphatic hydroxyl groups is 1. The first kappa shape index (κ1) is 26.6. The van der Waals surface area contributed by atoms with Crippen LogP contribution in [0.3, 0.4) is 0 Å². The van der Waals surface area contributed by atoms with E-state index in [2.05, 4.69) is 13.8 Å². The highest BCUT2D eigenvalue weighted by atomic mass is 16.5. The molecule has 1 fully saturated rings. The normalized spacial score (nSPS) is 16.6. The van der Waals surface area contributed by atoms with Gasteiger partial charge < -0.3 is 24.1 Å². The second-order valence-electron chi connectivity index (χ2n) is 9.21. The number of hydrogen-bond acceptors (Lipinski definition) is 7. The molecule has 1 aliphatic rings. The summed E-state index contributed by atoms with van der Waals surface area (Å²) in [5.74, 6) is 0.632. The van der Waals surface area contributed by atoms with Crippen molar-refractivity contribution in [1.29, 1.82) is 0 Å². The van der Waals surface area contributed by atoms with Gasteiger partial charge >= 0.3 is 0 Å². The van der Waals surface area contributed by atoms with Crippen molar-refractivity contribution >= 4 is 23.1 Å². The molecule has 1 N–H and O–H groups in total. The number of anilines is 1. The lowest BCUT2D eigenvalue weighted by molar-refractivity contribution is -0.132. The van der Waals surface area contributed by atoms with E-state index in [-0.39, 0.29) is 11.3 Å². The largest absolute Gasteiger partial charge is 0.507 e. The summed E-state index contributed by atoms with van der Waals surface area (Å²) in [5, 5.41) is 11.4.